The van der Waals surface area contributed by atoms with Crippen LogP contribution in [0, 0.1) is 11.7 Å². The van der Waals surface area contributed by atoms with Gasteiger partial charge in [-0.05, 0) is 62.9 Å². The Balaban J connectivity index is 1.58. The highest BCUT2D eigenvalue weighted by Crippen LogP contribution is 2.45. The van der Waals surface area contributed by atoms with Gasteiger partial charge in [0.25, 0.3) is 5.91 Å². The number of carbonyl (C=O) groups excluding carboxylic acids is 1. The number of hydrogen-bond donors (Lipinski definition) is 0. The van der Waals surface area contributed by atoms with Crippen molar-refractivity contribution in [2.45, 2.75) is 44.4 Å². The maximum atomic E-state index is 13.8. The summed E-state index contributed by atoms with van der Waals surface area (Å²) in [4.78, 5) is 20.3. The number of amides is 1. The molecule has 0 saturated carbocycles. The van der Waals surface area contributed by atoms with Crippen molar-refractivity contribution in [3.8, 4) is 0 Å². The Morgan fingerprint density at radius 2 is 1.97 bits per heavy atom. The SMILES string of the molecule is CC1(C)C[C@@H]2CN(C(=O)c3ncccc3C(F)(F)F)CC[C@@H]2N1c1cccc(F)c1. The molecule has 30 heavy (non-hydrogen) atoms. The molecule has 2 aliphatic rings. The highest BCUT2D eigenvalue weighted by Gasteiger charge is 2.49. The Hall–Kier alpha value is -2.64. The summed E-state index contributed by atoms with van der Waals surface area (Å²) in [7, 11) is 0. The second-order valence-electron chi connectivity index (χ2n) is 8.63. The van der Waals surface area contributed by atoms with E-state index in [0.29, 0.717) is 19.5 Å². The number of fused-ring (bicyclic) bond motifs is 1. The molecule has 0 aliphatic carbocycles. The number of aromatic nitrogens is 1. The molecule has 0 bridgehead atoms. The number of halogens is 4. The number of likely N-dealkylation sites (tertiary alicyclic amines) is 1. The van der Waals surface area contributed by atoms with E-state index in [1.807, 2.05) is 6.07 Å². The lowest BCUT2D eigenvalue weighted by atomic mass is 9.89. The summed E-state index contributed by atoms with van der Waals surface area (Å²) in [5, 5.41) is 0. The zero-order valence-corrected chi connectivity index (χ0v) is 16.8. The fourth-order valence-corrected chi connectivity index (χ4v) is 5.05. The number of carbonyl (C=O) groups is 1. The van der Waals surface area contributed by atoms with Crippen molar-refractivity contribution in [1.29, 1.82) is 0 Å². The van der Waals surface area contributed by atoms with Crippen LogP contribution < -0.4 is 4.90 Å². The highest BCUT2D eigenvalue weighted by atomic mass is 19.4. The van der Waals surface area contributed by atoms with Crippen molar-refractivity contribution in [1.82, 2.24) is 9.88 Å². The minimum Gasteiger partial charge on any atom is -0.363 e. The average molecular weight is 421 g/mol. The highest BCUT2D eigenvalue weighted by molar-refractivity contribution is 5.94. The third kappa shape index (κ3) is 3.63. The number of nitrogens with zero attached hydrogens (tertiary/aromatic N) is 3. The summed E-state index contributed by atoms with van der Waals surface area (Å²) in [6.45, 7) is 4.83. The van der Waals surface area contributed by atoms with E-state index in [4.69, 9.17) is 0 Å². The number of piperidine rings is 1. The van der Waals surface area contributed by atoms with Crippen molar-refractivity contribution in [2.75, 3.05) is 18.0 Å². The van der Waals surface area contributed by atoms with E-state index in [9.17, 15) is 22.4 Å². The summed E-state index contributed by atoms with van der Waals surface area (Å²) in [5.74, 6) is -0.920. The Bertz CT molecular complexity index is 959. The second kappa shape index (κ2) is 7.25. The number of alkyl halides is 3. The van der Waals surface area contributed by atoms with Crippen LogP contribution in [0.1, 0.15) is 42.7 Å². The molecule has 2 saturated heterocycles. The third-order valence-electron chi connectivity index (χ3n) is 6.13. The van der Waals surface area contributed by atoms with Gasteiger partial charge in [-0.15, -0.1) is 0 Å². The summed E-state index contributed by atoms with van der Waals surface area (Å²) in [5.41, 5.74) is -1.03. The second-order valence-corrected chi connectivity index (χ2v) is 8.63. The molecule has 1 aromatic heterocycles. The summed E-state index contributed by atoms with van der Waals surface area (Å²) in [6, 6.07) is 8.61. The van der Waals surface area contributed by atoms with Gasteiger partial charge in [0.15, 0.2) is 0 Å². The van der Waals surface area contributed by atoms with Gasteiger partial charge >= 0.3 is 6.18 Å². The van der Waals surface area contributed by atoms with E-state index >= 15 is 0 Å². The summed E-state index contributed by atoms with van der Waals surface area (Å²) < 4.78 is 53.8. The maximum Gasteiger partial charge on any atom is 0.418 e. The van der Waals surface area contributed by atoms with Crippen molar-refractivity contribution in [2.24, 2.45) is 5.92 Å². The first kappa shape index (κ1) is 20.6. The lowest BCUT2D eigenvalue weighted by molar-refractivity contribution is -0.138. The van der Waals surface area contributed by atoms with Gasteiger partial charge in [0.05, 0.1) is 5.56 Å². The average Bonchev–Trinajstić information content (AvgIpc) is 2.95. The molecule has 1 aromatic carbocycles. The van der Waals surface area contributed by atoms with E-state index in [2.05, 4.69) is 23.7 Å². The molecule has 2 fully saturated rings. The summed E-state index contributed by atoms with van der Waals surface area (Å²) in [6.07, 6.45) is -2.07. The predicted molar refractivity (Wildman–Crippen MR) is 105 cm³/mol. The molecule has 4 rings (SSSR count). The Kier molecular flexibility index (Phi) is 4.98. The van der Waals surface area contributed by atoms with Crippen LogP contribution in [0.15, 0.2) is 42.6 Å². The molecule has 8 heteroatoms. The number of benzene rings is 1. The van der Waals surface area contributed by atoms with Crippen LogP contribution >= 0.6 is 0 Å². The van der Waals surface area contributed by atoms with Crippen LogP contribution in [0.25, 0.3) is 0 Å². The minimum absolute atomic E-state index is 0.0824. The van der Waals surface area contributed by atoms with Crippen LogP contribution in [0.2, 0.25) is 0 Å². The van der Waals surface area contributed by atoms with Crippen molar-refractivity contribution in [3.05, 3.63) is 59.7 Å². The first-order chi connectivity index (χ1) is 14.1. The van der Waals surface area contributed by atoms with E-state index in [-0.39, 0.29) is 23.3 Å². The molecular formula is C22H23F4N3O. The minimum atomic E-state index is -4.64. The molecule has 2 aromatic rings. The normalized spacial score (nSPS) is 23.4. The lowest BCUT2D eigenvalue weighted by Gasteiger charge is -2.41. The van der Waals surface area contributed by atoms with E-state index in [1.165, 1.54) is 29.3 Å². The molecular weight excluding hydrogens is 398 g/mol. The van der Waals surface area contributed by atoms with Crippen molar-refractivity contribution >= 4 is 11.6 Å². The Labute approximate surface area is 172 Å². The smallest absolute Gasteiger partial charge is 0.363 e. The van der Waals surface area contributed by atoms with Crippen LogP contribution in [-0.2, 0) is 6.18 Å². The van der Waals surface area contributed by atoms with Gasteiger partial charge in [-0.3, -0.25) is 9.78 Å². The van der Waals surface area contributed by atoms with E-state index in [1.54, 1.807) is 6.07 Å². The molecule has 4 nitrogen and oxygen atoms in total. The predicted octanol–water partition coefficient (Wildman–Crippen LogP) is 4.76. The largest absolute Gasteiger partial charge is 0.418 e. The van der Waals surface area contributed by atoms with Crippen LogP contribution in [0.5, 0.6) is 0 Å². The number of hydrogen-bond acceptors (Lipinski definition) is 3. The van der Waals surface area contributed by atoms with Gasteiger partial charge in [-0.1, -0.05) is 6.07 Å². The van der Waals surface area contributed by atoms with Crippen LogP contribution in [0.3, 0.4) is 0 Å². The Morgan fingerprint density at radius 3 is 2.67 bits per heavy atom. The van der Waals surface area contributed by atoms with Gasteiger partial charge < -0.3 is 9.80 Å². The van der Waals surface area contributed by atoms with Gasteiger partial charge in [0, 0.05) is 36.6 Å². The molecule has 2 aliphatic heterocycles. The summed E-state index contributed by atoms with van der Waals surface area (Å²) >= 11 is 0. The van der Waals surface area contributed by atoms with Crippen molar-refractivity contribution in [3.63, 3.8) is 0 Å². The Morgan fingerprint density at radius 1 is 1.20 bits per heavy atom. The topological polar surface area (TPSA) is 36.4 Å². The number of rotatable bonds is 2. The van der Waals surface area contributed by atoms with Gasteiger partial charge in [0.1, 0.15) is 11.5 Å². The molecule has 160 valence electrons. The van der Waals surface area contributed by atoms with E-state index < -0.39 is 23.3 Å². The standard InChI is InChI=1S/C22H23F4N3O/c1-21(2)12-14-13-28(20(30)19-17(22(24,25)26)7-4-9-27-19)10-8-18(14)29(21)16-6-3-5-15(23)11-16/h3-7,9,11,14,18H,8,10,12-13H2,1-2H3/t14-,18+/m1/s1. The molecule has 0 N–H and O–H groups in total. The number of pyridine rings is 1. The first-order valence-corrected chi connectivity index (χ1v) is 9.94. The zero-order valence-electron chi connectivity index (χ0n) is 16.8. The molecule has 0 radical (unpaired) electrons. The monoisotopic (exact) mass is 421 g/mol. The molecule has 1 amide bonds. The zero-order chi connectivity index (χ0) is 21.7. The maximum absolute atomic E-state index is 13.8. The number of anilines is 1. The van der Waals surface area contributed by atoms with E-state index in [0.717, 1.165) is 18.2 Å². The van der Waals surface area contributed by atoms with Crippen LogP contribution in [-0.4, -0.2) is 40.5 Å². The quantitative estimate of drug-likeness (QED) is 0.656. The fourth-order valence-electron chi connectivity index (χ4n) is 5.05. The van der Waals surface area contributed by atoms with Gasteiger partial charge in [-0.25, -0.2) is 4.39 Å². The lowest BCUT2D eigenvalue weighted by Crippen LogP contribution is -2.50. The molecule has 2 atom stereocenters. The molecule has 0 unspecified atom stereocenters. The molecule has 0 spiro atoms. The van der Waals surface area contributed by atoms with Crippen LogP contribution in [0.4, 0.5) is 23.2 Å². The van der Waals surface area contributed by atoms with Gasteiger partial charge in [-0.2, -0.15) is 13.2 Å². The fraction of sp³-hybridized carbons (Fsp3) is 0.455. The molecule has 3 heterocycles. The first-order valence-electron chi connectivity index (χ1n) is 9.94. The van der Waals surface area contributed by atoms with Gasteiger partial charge in [0.2, 0.25) is 0 Å². The third-order valence-corrected chi connectivity index (χ3v) is 6.13. The van der Waals surface area contributed by atoms with Crippen molar-refractivity contribution < 1.29 is 22.4 Å².